The van der Waals surface area contributed by atoms with E-state index in [-0.39, 0.29) is 17.9 Å². The first kappa shape index (κ1) is 16.1. The third-order valence-corrected chi connectivity index (χ3v) is 4.26. The molecule has 0 saturated heterocycles. The molecule has 1 saturated carbocycles. The lowest BCUT2D eigenvalue weighted by molar-refractivity contribution is -0.149. The quantitative estimate of drug-likeness (QED) is 0.652. The van der Waals surface area contributed by atoms with Gasteiger partial charge in [0.15, 0.2) is 0 Å². The highest BCUT2D eigenvalue weighted by Gasteiger charge is 2.34. The fourth-order valence-corrected chi connectivity index (χ4v) is 2.78. The van der Waals surface area contributed by atoms with E-state index < -0.39 is 0 Å². The molecule has 0 atom stereocenters. The summed E-state index contributed by atoms with van der Waals surface area (Å²) in [5.74, 6) is -0.174. The van der Waals surface area contributed by atoms with Crippen LogP contribution in [0.25, 0.3) is 16.6 Å². The van der Waals surface area contributed by atoms with Crippen molar-refractivity contribution in [1.29, 1.82) is 5.41 Å². The summed E-state index contributed by atoms with van der Waals surface area (Å²) in [4.78, 5) is 20.4. The van der Waals surface area contributed by atoms with Crippen LogP contribution < -0.4 is 5.32 Å². The Bertz CT molecular complexity index is 810. The zero-order chi connectivity index (χ0) is 17.1. The smallest absolute Gasteiger partial charge is 0.308 e. The first-order valence-electron chi connectivity index (χ1n) is 7.90. The summed E-state index contributed by atoms with van der Waals surface area (Å²) >= 11 is 0. The number of nitrogens with zero attached hydrogens (tertiary/aromatic N) is 2. The fraction of sp³-hybridized carbons (Fsp3) is 0.333. The van der Waals surface area contributed by atoms with E-state index in [1.807, 2.05) is 24.3 Å². The fourth-order valence-electron chi connectivity index (χ4n) is 2.78. The Hall–Kier alpha value is -2.76. The molecule has 0 bridgehead atoms. The lowest BCUT2D eigenvalue weighted by Gasteiger charge is -2.33. The summed E-state index contributed by atoms with van der Waals surface area (Å²) in [6.07, 6.45) is 4.99. The van der Waals surface area contributed by atoms with Gasteiger partial charge in [-0.05, 0) is 31.9 Å². The van der Waals surface area contributed by atoms with Crippen LogP contribution in [0.3, 0.4) is 0 Å². The minimum absolute atomic E-state index is 0.0223. The number of hydrogen-bond acceptors (Lipinski definition) is 6. The van der Waals surface area contributed by atoms with E-state index in [4.69, 9.17) is 10.1 Å². The molecular weight excluding hydrogens is 304 g/mol. The maximum atomic E-state index is 11.4. The predicted molar refractivity (Wildman–Crippen MR) is 92.6 cm³/mol. The van der Waals surface area contributed by atoms with E-state index in [2.05, 4.69) is 15.3 Å². The zero-order valence-electron chi connectivity index (χ0n) is 13.7. The lowest BCUT2D eigenvalue weighted by atomic mass is 9.80. The molecule has 2 N–H and O–H groups in total. The standard InChI is InChI=1S/C18H20N4O2/c1-11(19)14(9-20-13-7-12(8-13)18(23)24-2)17-10-21-15-5-3-4-6-16(15)22-17/h3-6,9-10,12-13,19-20H,7-8H2,1-2H3/b14-9+,19-11?/t12-,13-. The molecule has 1 aromatic heterocycles. The van der Waals surface area contributed by atoms with Crippen LogP contribution in [0.2, 0.25) is 0 Å². The third-order valence-electron chi connectivity index (χ3n) is 4.26. The van der Waals surface area contributed by atoms with Crippen molar-refractivity contribution in [2.24, 2.45) is 5.92 Å². The topological polar surface area (TPSA) is 88.0 Å². The molecule has 1 aliphatic rings. The second-order valence-electron chi connectivity index (χ2n) is 5.98. The molecule has 3 rings (SSSR count). The van der Waals surface area contributed by atoms with Gasteiger partial charge in [0.1, 0.15) is 0 Å². The van der Waals surface area contributed by atoms with Gasteiger partial charge >= 0.3 is 5.97 Å². The Labute approximate surface area is 140 Å². The van der Waals surface area contributed by atoms with Crippen molar-refractivity contribution >= 4 is 28.3 Å². The van der Waals surface area contributed by atoms with Crippen molar-refractivity contribution in [2.75, 3.05) is 7.11 Å². The molecule has 6 heteroatoms. The monoisotopic (exact) mass is 324 g/mol. The van der Waals surface area contributed by atoms with Crippen LogP contribution in [0.5, 0.6) is 0 Å². The van der Waals surface area contributed by atoms with Gasteiger partial charge in [0, 0.05) is 23.5 Å². The number of aromatic nitrogens is 2. The molecule has 1 heterocycles. The summed E-state index contributed by atoms with van der Waals surface area (Å²) in [5, 5.41) is 11.3. The third kappa shape index (κ3) is 3.27. The normalized spacial score (nSPS) is 20.3. The highest BCUT2D eigenvalue weighted by atomic mass is 16.5. The molecule has 1 fully saturated rings. The van der Waals surface area contributed by atoms with Crippen LogP contribution in [0.1, 0.15) is 25.5 Å². The number of rotatable bonds is 5. The average molecular weight is 324 g/mol. The number of para-hydroxylation sites is 2. The van der Waals surface area contributed by atoms with Crippen molar-refractivity contribution in [1.82, 2.24) is 15.3 Å². The lowest BCUT2D eigenvalue weighted by Crippen LogP contribution is -2.42. The van der Waals surface area contributed by atoms with Gasteiger partial charge in [-0.25, -0.2) is 4.98 Å². The molecular formula is C18H20N4O2. The number of carbonyl (C=O) groups excluding carboxylic acids is 1. The van der Waals surface area contributed by atoms with E-state index in [9.17, 15) is 4.79 Å². The van der Waals surface area contributed by atoms with Crippen LogP contribution in [0, 0.1) is 11.3 Å². The first-order chi connectivity index (χ1) is 11.6. The van der Waals surface area contributed by atoms with Gasteiger partial charge in [0.2, 0.25) is 0 Å². The second-order valence-corrected chi connectivity index (χ2v) is 5.98. The summed E-state index contributed by atoms with van der Waals surface area (Å²) in [6.45, 7) is 1.72. The zero-order valence-corrected chi connectivity index (χ0v) is 13.7. The van der Waals surface area contributed by atoms with E-state index >= 15 is 0 Å². The van der Waals surface area contributed by atoms with Crippen molar-refractivity contribution in [3.05, 3.63) is 42.4 Å². The molecule has 0 amide bonds. The molecule has 0 spiro atoms. The van der Waals surface area contributed by atoms with E-state index in [0.717, 1.165) is 23.9 Å². The molecule has 0 radical (unpaired) electrons. The average Bonchev–Trinajstić information content (AvgIpc) is 2.55. The molecule has 24 heavy (non-hydrogen) atoms. The van der Waals surface area contributed by atoms with Crippen LogP contribution in [-0.2, 0) is 9.53 Å². The van der Waals surface area contributed by atoms with Gasteiger partial charge < -0.3 is 15.5 Å². The van der Waals surface area contributed by atoms with Crippen molar-refractivity contribution in [2.45, 2.75) is 25.8 Å². The summed E-state index contributed by atoms with van der Waals surface area (Å²) < 4.78 is 4.74. The van der Waals surface area contributed by atoms with Crippen LogP contribution >= 0.6 is 0 Å². The molecule has 0 aliphatic heterocycles. The number of fused-ring (bicyclic) bond motifs is 1. The number of methoxy groups -OCH3 is 1. The minimum Gasteiger partial charge on any atom is -0.469 e. The van der Waals surface area contributed by atoms with Crippen LogP contribution in [0.4, 0.5) is 0 Å². The molecule has 0 unspecified atom stereocenters. The number of allylic oxidation sites excluding steroid dienone is 1. The largest absolute Gasteiger partial charge is 0.469 e. The number of benzene rings is 1. The van der Waals surface area contributed by atoms with Gasteiger partial charge in [0.05, 0.1) is 36.0 Å². The summed E-state index contributed by atoms with van der Waals surface area (Å²) in [7, 11) is 1.41. The number of esters is 1. The van der Waals surface area contributed by atoms with Gasteiger partial charge in [-0.2, -0.15) is 0 Å². The van der Waals surface area contributed by atoms with Gasteiger partial charge in [-0.15, -0.1) is 0 Å². The van der Waals surface area contributed by atoms with Crippen molar-refractivity contribution < 1.29 is 9.53 Å². The molecule has 1 aliphatic carbocycles. The highest BCUT2D eigenvalue weighted by molar-refractivity contribution is 6.20. The molecule has 1 aromatic carbocycles. The Morgan fingerprint density at radius 1 is 1.33 bits per heavy atom. The van der Waals surface area contributed by atoms with Crippen LogP contribution in [-0.4, -0.2) is 34.8 Å². The van der Waals surface area contributed by atoms with Gasteiger partial charge in [-0.1, -0.05) is 12.1 Å². The van der Waals surface area contributed by atoms with E-state index in [1.165, 1.54) is 7.11 Å². The van der Waals surface area contributed by atoms with Crippen molar-refractivity contribution in [3.8, 4) is 0 Å². The molecule has 2 aromatic rings. The molecule has 6 nitrogen and oxygen atoms in total. The first-order valence-corrected chi connectivity index (χ1v) is 7.90. The van der Waals surface area contributed by atoms with Crippen LogP contribution in [0.15, 0.2) is 36.7 Å². The Balaban J connectivity index is 1.74. The number of carbonyl (C=O) groups is 1. The SMILES string of the molecule is COC(=O)[C@H]1C[C@H](N/C=C(\C(C)=N)c2cnc3ccccc3n2)C1. The Morgan fingerprint density at radius 3 is 2.71 bits per heavy atom. The maximum Gasteiger partial charge on any atom is 0.308 e. The maximum absolute atomic E-state index is 11.4. The summed E-state index contributed by atoms with van der Waals surface area (Å²) in [5.41, 5.74) is 3.41. The number of hydrogen-bond donors (Lipinski definition) is 2. The number of ether oxygens (including phenoxy) is 1. The Morgan fingerprint density at radius 2 is 2.04 bits per heavy atom. The van der Waals surface area contributed by atoms with Gasteiger partial charge in [-0.3, -0.25) is 9.78 Å². The minimum atomic E-state index is -0.152. The summed E-state index contributed by atoms with van der Waals surface area (Å²) in [6, 6.07) is 7.87. The molecule has 124 valence electrons. The predicted octanol–water partition coefficient (Wildman–Crippen LogP) is 2.55. The second kappa shape index (κ2) is 6.78. The van der Waals surface area contributed by atoms with E-state index in [1.54, 1.807) is 19.3 Å². The highest BCUT2D eigenvalue weighted by Crippen LogP contribution is 2.28. The van der Waals surface area contributed by atoms with Crippen molar-refractivity contribution in [3.63, 3.8) is 0 Å². The Kier molecular flexibility index (Phi) is 4.55. The van der Waals surface area contributed by atoms with Gasteiger partial charge in [0.25, 0.3) is 0 Å². The number of nitrogens with one attached hydrogen (secondary N) is 2. The van der Waals surface area contributed by atoms with E-state index in [0.29, 0.717) is 17.0 Å².